The molecular weight excluding hydrogens is 512 g/mol. The van der Waals surface area contributed by atoms with Crippen LogP contribution in [-0.2, 0) is 4.79 Å². The van der Waals surface area contributed by atoms with Crippen LogP contribution in [0.5, 0.6) is 0 Å². The van der Waals surface area contributed by atoms with Gasteiger partial charge in [-0.15, -0.1) is 4.57 Å². The number of rotatable bonds is 12. The number of hydrogen-bond acceptors (Lipinski definition) is 6. The molecule has 0 amide bonds. The number of carboxylic acid groups (broad SMARTS) is 1. The summed E-state index contributed by atoms with van der Waals surface area (Å²) in [5.74, 6) is -0.764. The van der Waals surface area contributed by atoms with Gasteiger partial charge in [-0.25, -0.2) is 4.98 Å². The summed E-state index contributed by atoms with van der Waals surface area (Å²) in [7, 11) is 1.97. The Kier molecular flexibility index (Phi) is 8.48. The number of aliphatic carboxylic acids is 1. The van der Waals surface area contributed by atoms with E-state index >= 15 is 0 Å². The van der Waals surface area contributed by atoms with E-state index in [1.807, 2.05) is 49.5 Å². The zero-order valence-corrected chi connectivity index (χ0v) is 23.8. The van der Waals surface area contributed by atoms with Crippen molar-refractivity contribution in [1.29, 1.82) is 0 Å². The van der Waals surface area contributed by atoms with Gasteiger partial charge >= 0.3 is 5.97 Å². The monoisotopic (exact) mass is 549 g/mol. The van der Waals surface area contributed by atoms with Crippen molar-refractivity contribution >= 4 is 50.8 Å². The van der Waals surface area contributed by atoms with Crippen molar-refractivity contribution < 1.29 is 14.5 Å². The lowest BCUT2D eigenvalue weighted by atomic mass is 10.1. The van der Waals surface area contributed by atoms with Gasteiger partial charge < -0.3 is 25.8 Å². The summed E-state index contributed by atoms with van der Waals surface area (Å²) in [6.07, 6.45) is 0.783. The van der Waals surface area contributed by atoms with Gasteiger partial charge in [0.2, 0.25) is 16.7 Å². The van der Waals surface area contributed by atoms with Gasteiger partial charge in [-0.05, 0) is 68.8 Å². The third-order valence-electron chi connectivity index (χ3n) is 7.34. The number of hydrogen-bond donors (Lipinski definition) is 3. The molecule has 4 aromatic carbocycles. The molecule has 1 heterocycles. The molecule has 0 aliphatic rings. The fraction of sp³-hybridized carbons (Fsp3) is 0.242. The van der Waals surface area contributed by atoms with Gasteiger partial charge in [-0.1, -0.05) is 18.2 Å². The van der Waals surface area contributed by atoms with Gasteiger partial charge in [0.25, 0.3) is 0 Å². The third-order valence-corrected chi connectivity index (χ3v) is 7.34. The Bertz CT molecular complexity index is 1640. The lowest BCUT2D eigenvalue weighted by Crippen LogP contribution is -2.33. The molecule has 3 N–H and O–H groups in total. The molecule has 0 saturated heterocycles. The first-order valence-electron chi connectivity index (χ1n) is 14.1. The van der Waals surface area contributed by atoms with E-state index in [4.69, 9.17) is 10.1 Å². The fourth-order valence-electron chi connectivity index (χ4n) is 5.10. The topological polar surface area (TPSA) is 84.6 Å². The zero-order chi connectivity index (χ0) is 28.8. The maximum Gasteiger partial charge on any atom is 0.303 e. The Morgan fingerprint density at radius 2 is 1.41 bits per heavy atom. The molecule has 0 atom stereocenters. The minimum atomic E-state index is -0.764. The van der Waals surface area contributed by atoms with Crippen molar-refractivity contribution in [1.82, 2.24) is 4.98 Å². The van der Waals surface area contributed by atoms with Crippen molar-refractivity contribution in [3.63, 3.8) is 0 Å². The highest BCUT2D eigenvalue weighted by Crippen LogP contribution is 2.25. The second kappa shape index (κ2) is 12.6. The van der Waals surface area contributed by atoms with Gasteiger partial charge in [0, 0.05) is 68.7 Å². The minimum Gasteiger partial charge on any atom is -0.481 e. The Morgan fingerprint density at radius 3 is 2.10 bits per heavy atom. The molecule has 0 aliphatic heterocycles. The molecule has 0 unspecified atom stereocenters. The van der Waals surface area contributed by atoms with Crippen LogP contribution in [0.2, 0.25) is 0 Å². The van der Waals surface area contributed by atoms with Crippen LogP contribution in [0.3, 0.4) is 0 Å². The summed E-state index contributed by atoms with van der Waals surface area (Å²) >= 11 is 0. The van der Waals surface area contributed by atoms with E-state index in [1.54, 1.807) is 0 Å². The zero-order valence-electron chi connectivity index (χ0n) is 23.8. The molecule has 0 radical (unpaired) electrons. The van der Waals surface area contributed by atoms with Crippen LogP contribution < -0.4 is 25.2 Å². The molecule has 1 aromatic heterocycles. The lowest BCUT2D eigenvalue weighted by Gasteiger charge is -2.20. The molecule has 0 spiro atoms. The molecular formula is C33H37N6O2+. The Morgan fingerprint density at radius 1 is 0.805 bits per heavy atom. The molecule has 0 saturated carbocycles. The van der Waals surface area contributed by atoms with E-state index in [9.17, 15) is 4.79 Å². The molecule has 0 aliphatic carbocycles. The Balaban J connectivity index is 1.44. The molecule has 0 bridgehead atoms. The highest BCUT2D eigenvalue weighted by molar-refractivity contribution is 5.86. The number of carbonyl (C=O) groups is 1. The predicted molar refractivity (Wildman–Crippen MR) is 168 cm³/mol. The first kappa shape index (κ1) is 27.7. The van der Waals surface area contributed by atoms with E-state index in [0.29, 0.717) is 13.0 Å². The van der Waals surface area contributed by atoms with E-state index in [0.717, 1.165) is 57.9 Å². The predicted octanol–water partition coefficient (Wildman–Crippen LogP) is 6.25. The number of hydrazine groups is 1. The average molecular weight is 550 g/mol. The molecule has 41 heavy (non-hydrogen) atoms. The molecule has 210 valence electrons. The number of benzene rings is 4. The van der Waals surface area contributed by atoms with Crippen LogP contribution in [0.15, 0.2) is 91.0 Å². The van der Waals surface area contributed by atoms with Crippen LogP contribution in [-0.4, -0.2) is 42.7 Å². The number of nitrogens with zero attached hydrogens (tertiary/aromatic N) is 4. The summed E-state index contributed by atoms with van der Waals surface area (Å²) < 4.78 is 2.28. The number of para-hydroxylation sites is 1. The first-order valence-corrected chi connectivity index (χ1v) is 14.1. The van der Waals surface area contributed by atoms with Gasteiger partial charge in [0.05, 0.1) is 11.4 Å². The fourth-order valence-corrected chi connectivity index (χ4v) is 5.10. The van der Waals surface area contributed by atoms with E-state index in [-0.39, 0.29) is 6.42 Å². The van der Waals surface area contributed by atoms with E-state index < -0.39 is 5.97 Å². The summed E-state index contributed by atoms with van der Waals surface area (Å²) in [6, 6.07) is 31.2. The highest BCUT2D eigenvalue weighted by Gasteiger charge is 2.21. The van der Waals surface area contributed by atoms with E-state index in [1.165, 1.54) is 5.69 Å². The minimum absolute atomic E-state index is 0.173. The van der Waals surface area contributed by atoms with Gasteiger partial charge in [-0.3, -0.25) is 4.79 Å². The third kappa shape index (κ3) is 6.32. The maximum absolute atomic E-state index is 10.8. The van der Waals surface area contributed by atoms with Crippen molar-refractivity contribution in [2.24, 2.45) is 0 Å². The summed E-state index contributed by atoms with van der Waals surface area (Å²) in [4.78, 5) is 20.2. The van der Waals surface area contributed by atoms with E-state index in [2.05, 4.69) is 87.6 Å². The highest BCUT2D eigenvalue weighted by atomic mass is 16.4. The number of fused-ring (bicyclic) bond motifs is 2. The molecule has 0 fully saturated rings. The normalized spacial score (nSPS) is 11.0. The molecule has 5 rings (SSSR count). The quantitative estimate of drug-likeness (QED) is 0.0964. The molecule has 5 aromatic rings. The van der Waals surface area contributed by atoms with Crippen molar-refractivity contribution in [3.05, 3.63) is 91.0 Å². The summed E-state index contributed by atoms with van der Waals surface area (Å²) in [5, 5.41) is 8.87. The van der Waals surface area contributed by atoms with Crippen LogP contribution in [0.1, 0.15) is 26.7 Å². The second-order valence-electron chi connectivity index (χ2n) is 10.0. The number of nitrogens with one attached hydrogen (secondary N) is 2. The number of anilines is 4. The Hall–Kier alpha value is -4.85. The smallest absolute Gasteiger partial charge is 0.303 e. The van der Waals surface area contributed by atoms with Crippen molar-refractivity contribution in [2.75, 3.05) is 47.3 Å². The van der Waals surface area contributed by atoms with Crippen LogP contribution in [0, 0.1) is 0 Å². The largest absolute Gasteiger partial charge is 0.481 e. The standard InChI is InChI=1S/C33H36N6O2/c1-4-38(5-2)28-18-20-30-32(23-28)39(27-10-7-6-8-11-27)31-22-25(15-19-29(31)34-30)36-35-24-13-16-26(17-14-24)37(3)21-9-12-33(40)41/h6-8,10-11,13-20,22-23H,4-5,9,12,21H2,1-3H3,(H2,34,35,40,41)/p+1. The maximum atomic E-state index is 10.8. The van der Waals surface area contributed by atoms with Crippen LogP contribution in [0.4, 0.5) is 22.7 Å². The second-order valence-corrected chi connectivity index (χ2v) is 10.0. The molecule has 8 nitrogen and oxygen atoms in total. The van der Waals surface area contributed by atoms with Crippen LogP contribution >= 0.6 is 0 Å². The summed E-state index contributed by atoms with van der Waals surface area (Å²) in [6.45, 7) is 6.93. The Labute approximate surface area is 240 Å². The van der Waals surface area contributed by atoms with Gasteiger partial charge in [0.1, 0.15) is 11.0 Å². The summed E-state index contributed by atoms with van der Waals surface area (Å²) in [5.41, 5.74) is 15.7. The van der Waals surface area contributed by atoms with Gasteiger partial charge in [-0.2, -0.15) is 0 Å². The number of carboxylic acids is 1. The van der Waals surface area contributed by atoms with Crippen molar-refractivity contribution in [3.8, 4) is 5.69 Å². The van der Waals surface area contributed by atoms with Crippen LogP contribution in [0.25, 0.3) is 27.8 Å². The SMILES string of the molecule is CCN(CC)c1ccc2nc3ccc(NNc4ccc(N(C)CCCC(=O)O)cc4)cc3[n+](-c3ccccc3)c2c1. The average Bonchev–Trinajstić information content (AvgIpc) is 3.00. The van der Waals surface area contributed by atoms with Crippen molar-refractivity contribution in [2.45, 2.75) is 26.7 Å². The van der Waals surface area contributed by atoms with Gasteiger partial charge in [0.15, 0.2) is 0 Å². The first-order chi connectivity index (χ1) is 20.0. The lowest BCUT2D eigenvalue weighted by molar-refractivity contribution is -0.538. The molecule has 8 heteroatoms. The number of aromatic nitrogens is 2.